The molecule has 0 radical (unpaired) electrons. The van der Waals surface area contributed by atoms with Gasteiger partial charge in [-0.3, -0.25) is 19.4 Å². The first-order chi connectivity index (χ1) is 18.3. The Morgan fingerprint density at radius 1 is 0.641 bits per heavy atom. The van der Waals surface area contributed by atoms with Gasteiger partial charge >= 0.3 is 11.9 Å². The second-order valence-electron chi connectivity index (χ2n) is 9.99. The van der Waals surface area contributed by atoms with E-state index in [1.54, 1.807) is 81.9 Å². The molecule has 4 aliphatic rings. The summed E-state index contributed by atoms with van der Waals surface area (Å²) >= 11 is 3.33. The third-order valence-corrected chi connectivity index (χ3v) is 10.8. The van der Waals surface area contributed by atoms with Crippen molar-refractivity contribution in [3.8, 4) is 0 Å². The number of thioether (sulfide) groups is 2. The predicted molar refractivity (Wildman–Crippen MR) is 149 cm³/mol. The van der Waals surface area contributed by atoms with Gasteiger partial charge in [-0.05, 0) is 49.9 Å². The van der Waals surface area contributed by atoms with Gasteiger partial charge in [0.1, 0.15) is 0 Å². The average Bonchev–Trinajstić information content (AvgIpc) is 3.70. The van der Waals surface area contributed by atoms with E-state index in [9.17, 15) is 29.4 Å². The Morgan fingerprint density at radius 2 is 0.974 bits per heavy atom. The van der Waals surface area contributed by atoms with Crippen molar-refractivity contribution in [2.45, 2.75) is 61.1 Å². The van der Waals surface area contributed by atoms with Gasteiger partial charge in [-0.1, -0.05) is 49.9 Å². The second-order valence-corrected chi connectivity index (χ2v) is 12.7. The minimum atomic E-state index is -0.978. The van der Waals surface area contributed by atoms with E-state index in [1.165, 1.54) is 0 Å². The molecular formula is C28H30CdN2O6S2. The standard InChI is InChI=1S/2C14H15NO3S.Cd/c2*16-12-9-19-14(7-3-4-8-14)15(12)11-6-2-1-5-10(11)13(17)18;/h2*1-2,5-6H,3-4,7-9H2,(H,17,18);. The van der Waals surface area contributed by atoms with E-state index in [0.29, 0.717) is 22.9 Å². The van der Waals surface area contributed by atoms with Crippen molar-refractivity contribution in [1.82, 2.24) is 0 Å². The summed E-state index contributed by atoms with van der Waals surface area (Å²) in [5.41, 5.74) is 1.52. The van der Waals surface area contributed by atoms with Gasteiger partial charge in [0, 0.05) is 27.3 Å². The van der Waals surface area contributed by atoms with Crippen LogP contribution in [0.1, 0.15) is 72.1 Å². The van der Waals surface area contributed by atoms with Gasteiger partial charge in [0.2, 0.25) is 11.8 Å². The van der Waals surface area contributed by atoms with Crippen molar-refractivity contribution >= 4 is 58.7 Å². The molecule has 0 aromatic heterocycles. The zero-order valence-corrected chi connectivity index (χ0v) is 27.3. The minimum Gasteiger partial charge on any atom is -0.478 e. The van der Waals surface area contributed by atoms with E-state index in [1.807, 2.05) is 0 Å². The number of rotatable bonds is 4. The van der Waals surface area contributed by atoms with Gasteiger partial charge in [-0.2, -0.15) is 0 Å². The van der Waals surface area contributed by atoms with Gasteiger partial charge < -0.3 is 10.2 Å². The molecule has 2 N–H and O–H groups in total. The SMILES string of the molecule is O=C(O)c1ccccc1N1C(=O)CSC12CCCC2.O=C(O)c1ccccc1N1C(=O)CSC12CCCC2.[Cd]. The number of hydrogen-bond donors (Lipinski definition) is 2. The largest absolute Gasteiger partial charge is 0.478 e. The smallest absolute Gasteiger partial charge is 0.337 e. The molecule has 2 saturated carbocycles. The summed E-state index contributed by atoms with van der Waals surface area (Å²) in [6, 6.07) is 13.6. The summed E-state index contributed by atoms with van der Waals surface area (Å²) in [4.78, 5) is 50.2. The number of amides is 2. The molecule has 11 heteroatoms. The molecule has 39 heavy (non-hydrogen) atoms. The van der Waals surface area contributed by atoms with Crippen LogP contribution in [0.25, 0.3) is 0 Å². The summed E-state index contributed by atoms with van der Waals surface area (Å²) in [6.45, 7) is 0. The number of carbonyl (C=O) groups is 4. The molecule has 0 atom stereocenters. The molecule has 6 rings (SSSR count). The van der Waals surface area contributed by atoms with E-state index in [-0.39, 0.29) is 60.0 Å². The first kappa shape index (κ1) is 29.9. The normalized spacial score (nSPS) is 20.7. The van der Waals surface area contributed by atoms with Gasteiger partial charge in [0.15, 0.2) is 0 Å². The summed E-state index contributed by atoms with van der Waals surface area (Å²) in [7, 11) is 0. The quantitative estimate of drug-likeness (QED) is 0.413. The Hall–Kier alpha value is -2.06. The van der Waals surface area contributed by atoms with Crippen molar-refractivity contribution in [2.75, 3.05) is 21.3 Å². The van der Waals surface area contributed by atoms with Gasteiger partial charge in [0.05, 0.1) is 43.7 Å². The molecule has 2 aromatic carbocycles. The Morgan fingerprint density at radius 3 is 1.31 bits per heavy atom. The number of aromatic carboxylic acids is 2. The van der Waals surface area contributed by atoms with E-state index in [2.05, 4.69) is 0 Å². The van der Waals surface area contributed by atoms with Gasteiger partial charge in [-0.15, -0.1) is 23.5 Å². The first-order valence-electron chi connectivity index (χ1n) is 12.9. The van der Waals surface area contributed by atoms with E-state index in [0.717, 1.165) is 51.4 Å². The van der Waals surface area contributed by atoms with Crippen molar-refractivity contribution < 1.29 is 56.7 Å². The molecule has 2 amide bonds. The van der Waals surface area contributed by atoms with Crippen LogP contribution in [-0.4, -0.2) is 55.2 Å². The van der Waals surface area contributed by atoms with Crippen LogP contribution in [0.3, 0.4) is 0 Å². The van der Waals surface area contributed by atoms with Crippen LogP contribution >= 0.6 is 23.5 Å². The zero-order chi connectivity index (χ0) is 26.9. The third kappa shape index (κ3) is 5.61. The van der Waals surface area contributed by atoms with E-state index in [4.69, 9.17) is 0 Å². The molecule has 2 aromatic rings. The summed E-state index contributed by atoms with van der Waals surface area (Å²) in [6.07, 6.45) is 8.24. The zero-order valence-electron chi connectivity index (χ0n) is 21.6. The maximum atomic E-state index is 12.2. The van der Waals surface area contributed by atoms with Crippen LogP contribution < -0.4 is 9.80 Å². The molecule has 202 valence electrons. The number of nitrogens with zero attached hydrogens (tertiary/aromatic N) is 2. The molecule has 2 saturated heterocycles. The molecule has 8 nitrogen and oxygen atoms in total. The number of carboxylic acid groups (broad SMARTS) is 2. The summed E-state index contributed by atoms with van der Waals surface area (Å²) in [5.74, 6) is -0.995. The number of benzene rings is 2. The van der Waals surface area contributed by atoms with Crippen LogP contribution in [-0.2, 0) is 36.9 Å². The van der Waals surface area contributed by atoms with Crippen LogP contribution in [0, 0.1) is 0 Å². The monoisotopic (exact) mass is 668 g/mol. The molecule has 0 unspecified atom stereocenters. The Balaban J connectivity index is 0.000000176. The molecule has 2 aliphatic carbocycles. The molecular weight excluding hydrogens is 637 g/mol. The predicted octanol–water partition coefficient (Wildman–Crippen LogP) is 5.47. The van der Waals surface area contributed by atoms with Gasteiger partial charge in [-0.25, -0.2) is 9.59 Å². The van der Waals surface area contributed by atoms with Crippen LogP contribution in [0.2, 0.25) is 0 Å². The minimum absolute atomic E-state index is 0. The number of carboxylic acids is 2. The van der Waals surface area contributed by atoms with Crippen molar-refractivity contribution in [1.29, 1.82) is 0 Å². The van der Waals surface area contributed by atoms with Crippen molar-refractivity contribution in [3.05, 3.63) is 59.7 Å². The van der Waals surface area contributed by atoms with E-state index < -0.39 is 11.9 Å². The molecule has 2 aliphatic heterocycles. The van der Waals surface area contributed by atoms with Gasteiger partial charge in [0.25, 0.3) is 0 Å². The number of carbonyl (C=O) groups excluding carboxylic acids is 2. The summed E-state index contributed by atoms with van der Waals surface area (Å²) in [5, 5.41) is 18.6. The van der Waals surface area contributed by atoms with Crippen LogP contribution in [0.5, 0.6) is 0 Å². The van der Waals surface area contributed by atoms with Crippen LogP contribution in [0.4, 0.5) is 11.4 Å². The number of anilines is 2. The molecule has 2 spiro atoms. The second kappa shape index (κ2) is 12.2. The fraction of sp³-hybridized carbons (Fsp3) is 0.429. The Labute approximate surface area is 256 Å². The van der Waals surface area contributed by atoms with Crippen molar-refractivity contribution in [2.24, 2.45) is 0 Å². The van der Waals surface area contributed by atoms with Crippen LogP contribution in [0.15, 0.2) is 48.5 Å². The summed E-state index contributed by atoms with van der Waals surface area (Å²) < 4.78 is 0. The Bertz CT molecular complexity index is 1180. The first-order valence-corrected chi connectivity index (χ1v) is 14.8. The molecule has 0 bridgehead atoms. The van der Waals surface area contributed by atoms with Crippen molar-refractivity contribution in [3.63, 3.8) is 0 Å². The maximum absolute atomic E-state index is 12.2. The maximum Gasteiger partial charge on any atom is 0.337 e. The topological polar surface area (TPSA) is 115 Å². The molecule has 4 fully saturated rings. The average molecular weight is 667 g/mol. The Kier molecular flexibility index (Phi) is 9.37. The number of para-hydroxylation sites is 2. The van der Waals surface area contributed by atoms with E-state index >= 15 is 0 Å². The number of hydrogen-bond acceptors (Lipinski definition) is 6. The molecule has 2 heterocycles. The fourth-order valence-corrected chi connectivity index (χ4v) is 8.96. The third-order valence-electron chi connectivity index (χ3n) is 7.76. The fourth-order valence-electron chi connectivity index (χ4n) is 6.10.